The van der Waals surface area contributed by atoms with Crippen molar-refractivity contribution in [2.45, 2.75) is 37.1 Å². The Bertz CT molecular complexity index is 1040. The number of nitrogens with zero attached hydrogens (tertiary/aromatic N) is 5. The molecule has 2 saturated heterocycles. The summed E-state index contributed by atoms with van der Waals surface area (Å²) >= 11 is 0. The van der Waals surface area contributed by atoms with Crippen molar-refractivity contribution in [3.63, 3.8) is 0 Å². The molecule has 2 aromatic heterocycles. The molecule has 3 aliphatic rings. The summed E-state index contributed by atoms with van der Waals surface area (Å²) in [7, 11) is 1.97. The molecule has 156 valence electrons. The zero-order chi connectivity index (χ0) is 20.1. The molecule has 0 unspecified atom stereocenters. The molecule has 30 heavy (non-hydrogen) atoms. The van der Waals surface area contributed by atoms with E-state index in [4.69, 9.17) is 19.2 Å². The van der Waals surface area contributed by atoms with Crippen molar-refractivity contribution >= 4 is 16.7 Å². The summed E-state index contributed by atoms with van der Waals surface area (Å²) in [6.07, 6.45) is 5.93. The van der Waals surface area contributed by atoms with Crippen LogP contribution in [-0.4, -0.2) is 64.4 Å². The molecule has 1 aliphatic carbocycles. The standard InChI is InChI=1S/C22H25N5O3/c1-26-22(24-21(25-26)14-5-6-14)27-10-19-20(11-27)29-13-16(12-28-19)30-18-4-2-3-15-9-23-8-7-17(15)18/h2-4,7-9,14,16,19-20H,5-6,10-13H2,1H3/t19-,20-/m0/s1. The van der Waals surface area contributed by atoms with E-state index in [0.29, 0.717) is 19.1 Å². The highest BCUT2D eigenvalue weighted by Crippen LogP contribution is 2.39. The van der Waals surface area contributed by atoms with Gasteiger partial charge in [0.05, 0.1) is 13.2 Å². The largest absolute Gasteiger partial charge is 0.485 e. The van der Waals surface area contributed by atoms with Crippen LogP contribution in [0, 0.1) is 0 Å². The lowest BCUT2D eigenvalue weighted by Crippen LogP contribution is -2.30. The molecule has 1 aromatic carbocycles. The molecule has 0 spiro atoms. The minimum Gasteiger partial charge on any atom is -0.485 e. The molecule has 3 aromatic rings. The van der Waals surface area contributed by atoms with Crippen molar-refractivity contribution in [3.05, 3.63) is 42.5 Å². The zero-order valence-corrected chi connectivity index (χ0v) is 17.0. The molecular formula is C22H25N5O3. The summed E-state index contributed by atoms with van der Waals surface area (Å²) in [6.45, 7) is 2.52. The predicted molar refractivity (Wildman–Crippen MR) is 111 cm³/mol. The second kappa shape index (κ2) is 7.21. The van der Waals surface area contributed by atoms with Gasteiger partial charge in [0.2, 0.25) is 5.95 Å². The Morgan fingerprint density at radius 3 is 2.63 bits per heavy atom. The van der Waals surface area contributed by atoms with E-state index in [-0.39, 0.29) is 18.3 Å². The van der Waals surface area contributed by atoms with Crippen molar-refractivity contribution in [2.75, 3.05) is 31.2 Å². The Labute approximate surface area is 174 Å². The van der Waals surface area contributed by atoms with E-state index in [1.807, 2.05) is 42.2 Å². The number of anilines is 1. The maximum atomic E-state index is 6.26. The third kappa shape index (κ3) is 3.30. The van der Waals surface area contributed by atoms with Crippen LogP contribution in [0.3, 0.4) is 0 Å². The highest BCUT2D eigenvalue weighted by molar-refractivity contribution is 5.87. The van der Waals surface area contributed by atoms with Gasteiger partial charge in [-0.15, -0.1) is 0 Å². The zero-order valence-electron chi connectivity index (χ0n) is 17.0. The van der Waals surface area contributed by atoms with Gasteiger partial charge in [-0.3, -0.25) is 4.98 Å². The van der Waals surface area contributed by atoms with Crippen LogP contribution < -0.4 is 9.64 Å². The average molecular weight is 407 g/mol. The molecule has 8 heteroatoms. The number of rotatable bonds is 4. The highest BCUT2D eigenvalue weighted by Gasteiger charge is 2.40. The Morgan fingerprint density at radius 2 is 1.87 bits per heavy atom. The summed E-state index contributed by atoms with van der Waals surface area (Å²) < 4.78 is 20.6. The van der Waals surface area contributed by atoms with Gasteiger partial charge in [-0.05, 0) is 25.0 Å². The van der Waals surface area contributed by atoms with E-state index in [2.05, 4.69) is 15.0 Å². The van der Waals surface area contributed by atoms with E-state index in [0.717, 1.165) is 41.4 Å². The molecule has 0 N–H and O–H groups in total. The minimum absolute atomic E-state index is 0.0105. The first kappa shape index (κ1) is 18.1. The average Bonchev–Trinajstić information content (AvgIpc) is 3.47. The number of pyridine rings is 1. The first-order valence-corrected chi connectivity index (χ1v) is 10.6. The van der Waals surface area contributed by atoms with Crippen LogP contribution in [0.5, 0.6) is 5.75 Å². The smallest absolute Gasteiger partial charge is 0.223 e. The van der Waals surface area contributed by atoms with Crippen molar-refractivity contribution in [3.8, 4) is 5.75 Å². The Balaban J connectivity index is 1.12. The lowest BCUT2D eigenvalue weighted by atomic mass is 10.1. The first-order chi connectivity index (χ1) is 14.7. The lowest BCUT2D eigenvalue weighted by molar-refractivity contribution is -0.00461. The van der Waals surface area contributed by atoms with E-state index < -0.39 is 0 Å². The van der Waals surface area contributed by atoms with Crippen LogP contribution in [0.4, 0.5) is 5.95 Å². The van der Waals surface area contributed by atoms with Crippen molar-refractivity contribution in [1.82, 2.24) is 19.7 Å². The third-order valence-electron chi connectivity index (χ3n) is 6.12. The molecule has 8 nitrogen and oxygen atoms in total. The predicted octanol–water partition coefficient (Wildman–Crippen LogP) is 2.29. The molecule has 0 amide bonds. The Hall–Kier alpha value is -2.71. The number of aromatic nitrogens is 4. The maximum Gasteiger partial charge on any atom is 0.223 e. The van der Waals surface area contributed by atoms with Gasteiger partial charge < -0.3 is 19.1 Å². The van der Waals surface area contributed by atoms with Gasteiger partial charge in [0.25, 0.3) is 0 Å². The Kier molecular flexibility index (Phi) is 4.35. The number of ether oxygens (including phenoxy) is 3. The number of benzene rings is 1. The molecular weight excluding hydrogens is 382 g/mol. The number of fused-ring (bicyclic) bond motifs is 2. The summed E-state index contributed by atoms with van der Waals surface area (Å²) in [5.41, 5.74) is 0. The quantitative estimate of drug-likeness (QED) is 0.657. The summed E-state index contributed by atoms with van der Waals surface area (Å²) in [5, 5.41) is 6.71. The number of hydrogen-bond donors (Lipinski definition) is 0. The molecule has 0 bridgehead atoms. The molecule has 3 fully saturated rings. The number of hydrogen-bond acceptors (Lipinski definition) is 7. The fraction of sp³-hybridized carbons (Fsp3) is 0.500. The normalized spacial score (nSPS) is 24.8. The third-order valence-corrected chi connectivity index (χ3v) is 6.12. The van der Waals surface area contributed by atoms with E-state index in [1.54, 1.807) is 6.20 Å². The highest BCUT2D eigenvalue weighted by atomic mass is 16.6. The van der Waals surface area contributed by atoms with Gasteiger partial charge in [0.1, 0.15) is 24.1 Å². The van der Waals surface area contributed by atoms with Crippen LogP contribution in [0.2, 0.25) is 0 Å². The molecule has 0 radical (unpaired) electrons. The van der Waals surface area contributed by atoms with E-state index in [9.17, 15) is 0 Å². The van der Waals surface area contributed by atoms with Crippen LogP contribution >= 0.6 is 0 Å². The number of aryl methyl sites for hydroxylation is 1. The van der Waals surface area contributed by atoms with Crippen molar-refractivity contribution < 1.29 is 14.2 Å². The van der Waals surface area contributed by atoms with E-state index >= 15 is 0 Å². The molecule has 2 atom stereocenters. The second-order valence-corrected chi connectivity index (χ2v) is 8.41. The van der Waals surface area contributed by atoms with Gasteiger partial charge in [-0.2, -0.15) is 10.1 Å². The van der Waals surface area contributed by atoms with Crippen LogP contribution in [0.15, 0.2) is 36.7 Å². The fourth-order valence-electron chi connectivity index (χ4n) is 4.37. The Morgan fingerprint density at radius 1 is 1.07 bits per heavy atom. The topological polar surface area (TPSA) is 74.5 Å². The SMILES string of the molecule is Cn1nc(C2CC2)nc1N1C[C@@H]2OCC(Oc3cccc4cnccc34)CO[C@H]2C1. The van der Waals surface area contributed by atoms with E-state index in [1.165, 1.54) is 12.8 Å². The monoisotopic (exact) mass is 407 g/mol. The summed E-state index contributed by atoms with van der Waals surface area (Å²) in [5.74, 6) is 3.27. The van der Waals surface area contributed by atoms with Gasteiger partial charge in [-0.25, -0.2) is 4.68 Å². The molecule has 6 rings (SSSR count). The summed E-state index contributed by atoms with van der Waals surface area (Å²) in [6, 6.07) is 7.99. The second-order valence-electron chi connectivity index (χ2n) is 8.41. The van der Waals surface area contributed by atoms with Gasteiger partial charge in [-0.1, -0.05) is 12.1 Å². The molecule has 2 aliphatic heterocycles. The molecule has 4 heterocycles. The van der Waals surface area contributed by atoms with Gasteiger partial charge >= 0.3 is 0 Å². The summed E-state index contributed by atoms with van der Waals surface area (Å²) in [4.78, 5) is 11.2. The van der Waals surface area contributed by atoms with Gasteiger partial charge in [0, 0.05) is 49.2 Å². The van der Waals surface area contributed by atoms with Crippen LogP contribution in [-0.2, 0) is 16.5 Å². The fourth-order valence-corrected chi connectivity index (χ4v) is 4.37. The molecule has 1 saturated carbocycles. The van der Waals surface area contributed by atoms with Gasteiger partial charge in [0.15, 0.2) is 5.82 Å². The maximum absolute atomic E-state index is 6.26. The minimum atomic E-state index is -0.140. The van der Waals surface area contributed by atoms with Crippen LogP contribution in [0.1, 0.15) is 24.6 Å². The first-order valence-electron chi connectivity index (χ1n) is 10.6. The van der Waals surface area contributed by atoms with Crippen molar-refractivity contribution in [2.24, 2.45) is 7.05 Å². The van der Waals surface area contributed by atoms with Crippen molar-refractivity contribution in [1.29, 1.82) is 0 Å². The lowest BCUT2D eigenvalue weighted by Gasteiger charge is -2.20. The van der Waals surface area contributed by atoms with Crippen LogP contribution in [0.25, 0.3) is 10.8 Å².